The maximum Gasteiger partial charge on any atom is 0.471 e. The fourth-order valence-corrected chi connectivity index (χ4v) is 5.80. The summed E-state index contributed by atoms with van der Waals surface area (Å²) in [6, 6.07) is 11.1. The molecule has 1 saturated heterocycles. The molecule has 246 valence electrons. The lowest BCUT2D eigenvalue weighted by Gasteiger charge is -2.26. The van der Waals surface area contributed by atoms with Crippen LogP contribution in [0, 0.1) is 17.7 Å². The molecule has 0 spiro atoms. The monoisotopic (exact) mass is 689 g/mol. The van der Waals surface area contributed by atoms with Crippen LogP contribution in [-0.4, -0.2) is 57.3 Å². The number of likely N-dealkylation sites (tertiary alicyclic amines) is 1. The van der Waals surface area contributed by atoms with Crippen LogP contribution >= 0.6 is 22.9 Å². The minimum absolute atomic E-state index is 0.0196. The summed E-state index contributed by atoms with van der Waals surface area (Å²) >= 11 is 7.72. The molecule has 2 N–H and O–H groups in total. The van der Waals surface area contributed by atoms with Gasteiger partial charge in [-0.25, -0.2) is 19.2 Å². The molecule has 0 bridgehead atoms. The topological polar surface area (TPSA) is 106 Å². The summed E-state index contributed by atoms with van der Waals surface area (Å²) in [5.74, 6) is 4.39. The Morgan fingerprint density at radius 2 is 1.91 bits per heavy atom. The number of halogens is 5. The molecule has 2 aromatic heterocycles. The molecule has 2 atom stereocenters. The first-order valence-electron chi connectivity index (χ1n) is 14.2. The van der Waals surface area contributed by atoms with Crippen molar-refractivity contribution in [3.63, 3.8) is 0 Å². The molecule has 9 nitrogen and oxygen atoms in total. The van der Waals surface area contributed by atoms with Crippen molar-refractivity contribution in [1.82, 2.24) is 20.2 Å². The summed E-state index contributed by atoms with van der Waals surface area (Å²) in [5.41, 5.74) is 1.00. The van der Waals surface area contributed by atoms with Crippen LogP contribution in [0.25, 0.3) is 10.2 Å². The van der Waals surface area contributed by atoms with Gasteiger partial charge in [0, 0.05) is 24.7 Å². The standard InChI is InChI=1S/C32H28ClF4N5O4S/c1-31(2,3)46-30(44)42-15-21(41-29(43)32(35,36)37)12-22(42)8-9-23-14-25-27(47-23)28(39-17-38-25)40-20-7-10-26(24(33)13-20)45-16-18-5-4-6-19(34)11-18/h4-7,10-11,13-14,17,21-22H,12,15-16H2,1-3H3,(H,41,43)(H,38,39,40)/t21-,22-/m0/s1. The maximum absolute atomic E-state index is 13.5. The Morgan fingerprint density at radius 1 is 1.13 bits per heavy atom. The van der Waals surface area contributed by atoms with E-state index in [1.54, 1.807) is 57.2 Å². The molecule has 0 saturated carbocycles. The van der Waals surface area contributed by atoms with Gasteiger partial charge in [-0.05, 0) is 62.7 Å². The van der Waals surface area contributed by atoms with E-state index < -0.39 is 35.9 Å². The van der Waals surface area contributed by atoms with E-state index in [4.69, 9.17) is 21.1 Å². The number of alkyl halides is 3. The second-order valence-electron chi connectivity index (χ2n) is 11.6. The second-order valence-corrected chi connectivity index (χ2v) is 13.0. The second kappa shape index (κ2) is 13.6. The van der Waals surface area contributed by atoms with E-state index in [1.165, 1.54) is 34.7 Å². The fraction of sp³-hybridized carbons (Fsp3) is 0.312. The molecule has 2 amide bonds. The van der Waals surface area contributed by atoms with Gasteiger partial charge in [0.15, 0.2) is 5.82 Å². The van der Waals surface area contributed by atoms with E-state index in [9.17, 15) is 27.2 Å². The van der Waals surface area contributed by atoms with Gasteiger partial charge < -0.3 is 20.1 Å². The minimum atomic E-state index is -5.06. The summed E-state index contributed by atoms with van der Waals surface area (Å²) in [6.45, 7) is 4.94. The number of fused-ring (bicyclic) bond motifs is 1. The summed E-state index contributed by atoms with van der Waals surface area (Å²) in [5, 5.41) is 5.47. The lowest BCUT2D eigenvalue weighted by atomic mass is 10.1. The highest BCUT2D eigenvalue weighted by molar-refractivity contribution is 7.20. The number of aromatic nitrogens is 2. The normalized spacial score (nSPS) is 16.4. The van der Waals surface area contributed by atoms with Crippen LogP contribution in [0.2, 0.25) is 5.02 Å². The predicted molar refractivity (Wildman–Crippen MR) is 169 cm³/mol. The number of carbonyl (C=O) groups excluding carboxylic acids is 2. The van der Waals surface area contributed by atoms with Gasteiger partial charge in [-0.1, -0.05) is 35.6 Å². The van der Waals surface area contributed by atoms with Gasteiger partial charge in [0.1, 0.15) is 30.1 Å². The number of nitrogens with one attached hydrogen (secondary N) is 2. The van der Waals surface area contributed by atoms with Crippen LogP contribution < -0.4 is 15.4 Å². The van der Waals surface area contributed by atoms with E-state index in [2.05, 4.69) is 27.1 Å². The average Bonchev–Trinajstić information content (AvgIpc) is 3.59. The molecule has 5 rings (SSSR count). The van der Waals surface area contributed by atoms with Gasteiger partial charge in [0.05, 0.1) is 26.2 Å². The van der Waals surface area contributed by atoms with E-state index >= 15 is 0 Å². The van der Waals surface area contributed by atoms with Crippen molar-refractivity contribution in [1.29, 1.82) is 0 Å². The molecule has 1 fully saturated rings. The highest BCUT2D eigenvalue weighted by Crippen LogP contribution is 2.34. The van der Waals surface area contributed by atoms with Gasteiger partial charge in [0.25, 0.3) is 0 Å². The zero-order valence-corrected chi connectivity index (χ0v) is 26.8. The smallest absolute Gasteiger partial charge is 0.471 e. The number of hydrogen-bond donors (Lipinski definition) is 2. The number of nitrogens with zero attached hydrogens (tertiary/aromatic N) is 3. The Hall–Kier alpha value is -4.61. The van der Waals surface area contributed by atoms with Crippen LogP contribution in [0.3, 0.4) is 0 Å². The Balaban J connectivity index is 1.32. The largest absolute Gasteiger partial charge is 0.487 e. The summed E-state index contributed by atoms with van der Waals surface area (Å²) in [4.78, 5) is 34.9. The molecule has 4 aromatic rings. The lowest BCUT2D eigenvalue weighted by Crippen LogP contribution is -2.45. The minimum Gasteiger partial charge on any atom is -0.487 e. The molecule has 3 heterocycles. The molecule has 1 aliphatic heterocycles. The van der Waals surface area contributed by atoms with Crippen LogP contribution in [-0.2, 0) is 16.1 Å². The first-order chi connectivity index (χ1) is 22.1. The van der Waals surface area contributed by atoms with Gasteiger partial charge in [-0.15, -0.1) is 11.3 Å². The zero-order chi connectivity index (χ0) is 33.9. The Labute approximate surface area is 276 Å². The van der Waals surface area contributed by atoms with Crippen LogP contribution in [0.15, 0.2) is 54.9 Å². The molecular formula is C32H28ClF4N5O4S. The summed E-state index contributed by atoms with van der Waals surface area (Å²) in [6.07, 6.45) is -4.45. The number of amides is 2. The number of rotatable bonds is 6. The van der Waals surface area contributed by atoms with Crippen molar-refractivity contribution >= 4 is 56.7 Å². The average molecular weight is 690 g/mol. The number of hydrogen-bond acceptors (Lipinski definition) is 8. The lowest BCUT2D eigenvalue weighted by molar-refractivity contribution is -0.174. The number of benzene rings is 2. The summed E-state index contributed by atoms with van der Waals surface area (Å²) < 4.78 is 63.9. The Bertz CT molecular complexity index is 1870. The number of carbonyl (C=O) groups is 2. The third kappa shape index (κ3) is 8.81. The Kier molecular flexibility index (Phi) is 9.78. The van der Waals surface area contributed by atoms with Crippen molar-refractivity contribution in [2.24, 2.45) is 0 Å². The third-order valence-electron chi connectivity index (χ3n) is 6.67. The van der Waals surface area contributed by atoms with E-state index in [0.29, 0.717) is 42.9 Å². The van der Waals surface area contributed by atoms with Crippen LogP contribution in [0.5, 0.6) is 5.75 Å². The Morgan fingerprint density at radius 3 is 2.62 bits per heavy atom. The van der Waals surface area contributed by atoms with Crippen molar-refractivity contribution < 1.29 is 36.6 Å². The summed E-state index contributed by atoms with van der Waals surface area (Å²) in [7, 11) is 0. The SMILES string of the molecule is CC(C)(C)OC(=O)N1C[C@@H](NC(=O)C(F)(F)F)C[C@@H]1C#Cc1cc2ncnc(Nc3ccc(OCc4cccc(F)c4)c(Cl)c3)c2s1. The number of ether oxygens (including phenoxy) is 2. The van der Waals surface area contributed by atoms with Gasteiger partial charge in [0.2, 0.25) is 0 Å². The van der Waals surface area contributed by atoms with Crippen LogP contribution in [0.1, 0.15) is 37.6 Å². The molecular weight excluding hydrogens is 662 g/mol. The van der Waals surface area contributed by atoms with E-state index in [0.717, 1.165) is 0 Å². The molecule has 1 aliphatic rings. The van der Waals surface area contributed by atoms with Crippen molar-refractivity contribution in [3.05, 3.63) is 76.1 Å². The quantitative estimate of drug-likeness (QED) is 0.163. The molecule has 0 aliphatic carbocycles. The predicted octanol–water partition coefficient (Wildman–Crippen LogP) is 7.21. The number of thiophene rings is 1. The van der Waals surface area contributed by atoms with E-state index in [1.807, 2.05) is 5.32 Å². The maximum atomic E-state index is 13.5. The van der Waals surface area contributed by atoms with Gasteiger partial charge in [-0.3, -0.25) is 9.69 Å². The first kappa shape index (κ1) is 33.7. The first-order valence-corrected chi connectivity index (χ1v) is 15.4. The van der Waals surface area contributed by atoms with Crippen LogP contribution in [0.4, 0.5) is 33.9 Å². The molecule has 0 radical (unpaired) electrons. The van der Waals surface area contributed by atoms with E-state index in [-0.39, 0.29) is 25.4 Å². The zero-order valence-electron chi connectivity index (χ0n) is 25.2. The van der Waals surface area contributed by atoms with Crippen molar-refractivity contribution in [3.8, 4) is 17.6 Å². The molecule has 0 unspecified atom stereocenters. The van der Waals surface area contributed by atoms with Crippen molar-refractivity contribution in [2.45, 2.75) is 57.7 Å². The molecule has 15 heteroatoms. The number of anilines is 2. The molecule has 47 heavy (non-hydrogen) atoms. The third-order valence-corrected chi connectivity index (χ3v) is 8.01. The molecule has 2 aromatic carbocycles. The van der Waals surface area contributed by atoms with Gasteiger partial charge in [-0.2, -0.15) is 13.2 Å². The highest BCUT2D eigenvalue weighted by atomic mass is 35.5. The highest BCUT2D eigenvalue weighted by Gasteiger charge is 2.43. The fourth-order valence-electron chi connectivity index (χ4n) is 4.65. The van der Waals surface area contributed by atoms with Gasteiger partial charge >= 0.3 is 18.2 Å². The van der Waals surface area contributed by atoms with Crippen molar-refractivity contribution in [2.75, 3.05) is 11.9 Å².